The molecule has 0 saturated heterocycles. The maximum absolute atomic E-state index is 13.9. The van der Waals surface area contributed by atoms with E-state index < -0.39 is 0 Å². The predicted molar refractivity (Wildman–Crippen MR) is 87.0 cm³/mol. The molecule has 4 rings (SSSR count). The van der Waals surface area contributed by atoms with Crippen molar-refractivity contribution in [3.8, 4) is 5.75 Å². The second kappa shape index (κ2) is 5.83. The molecular formula is C18H16FN3O. The van der Waals surface area contributed by atoms with Gasteiger partial charge < -0.3 is 10.1 Å². The SMILES string of the molecule is Fc1cccc2c(NC3CCCOc4ccccc43)ncnc12. The van der Waals surface area contributed by atoms with Gasteiger partial charge in [0.05, 0.1) is 12.6 Å². The van der Waals surface area contributed by atoms with Gasteiger partial charge in [0.2, 0.25) is 0 Å². The van der Waals surface area contributed by atoms with E-state index >= 15 is 0 Å². The first-order chi connectivity index (χ1) is 11.3. The van der Waals surface area contributed by atoms with E-state index in [1.165, 1.54) is 12.4 Å². The fraction of sp³-hybridized carbons (Fsp3) is 0.222. The summed E-state index contributed by atoms with van der Waals surface area (Å²) in [5.41, 5.74) is 1.44. The highest BCUT2D eigenvalue weighted by molar-refractivity contribution is 5.89. The molecule has 1 aromatic heterocycles. The smallest absolute Gasteiger partial charge is 0.149 e. The van der Waals surface area contributed by atoms with Gasteiger partial charge in [0.1, 0.15) is 29.2 Å². The topological polar surface area (TPSA) is 47.0 Å². The maximum atomic E-state index is 13.9. The van der Waals surface area contributed by atoms with E-state index in [2.05, 4.69) is 21.4 Å². The van der Waals surface area contributed by atoms with Crippen LogP contribution in [0.25, 0.3) is 10.9 Å². The highest BCUT2D eigenvalue weighted by Crippen LogP contribution is 2.34. The number of halogens is 1. The summed E-state index contributed by atoms with van der Waals surface area (Å²) < 4.78 is 19.7. The van der Waals surface area contributed by atoms with Crippen molar-refractivity contribution in [3.05, 3.63) is 60.2 Å². The zero-order valence-electron chi connectivity index (χ0n) is 12.5. The van der Waals surface area contributed by atoms with Gasteiger partial charge in [0, 0.05) is 10.9 Å². The summed E-state index contributed by atoms with van der Waals surface area (Å²) in [6, 6.07) is 13.0. The molecule has 0 fully saturated rings. The number of anilines is 1. The van der Waals surface area contributed by atoms with Gasteiger partial charge in [-0.25, -0.2) is 14.4 Å². The van der Waals surface area contributed by atoms with Crippen LogP contribution >= 0.6 is 0 Å². The van der Waals surface area contributed by atoms with Crippen molar-refractivity contribution >= 4 is 16.7 Å². The van der Waals surface area contributed by atoms with Crippen LogP contribution in [0.2, 0.25) is 0 Å². The first-order valence-electron chi connectivity index (χ1n) is 7.70. The molecule has 0 bridgehead atoms. The molecular weight excluding hydrogens is 293 g/mol. The molecule has 0 radical (unpaired) electrons. The molecule has 23 heavy (non-hydrogen) atoms. The van der Waals surface area contributed by atoms with Crippen LogP contribution in [0.5, 0.6) is 5.75 Å². The van der Waals surface area contributed by atoms with Crippen molar-refractivity contribution in [2.24, 2.45) is 0 Å². The third-order valence-electron chi connectivity index (χ3n) is 4.12. The Balaban J connectivity index is 1.75. The van der Waals surface area contributed by atoms with Crippen molar-refractivity contribution in [3.63, 3.8) is 0 Å². The van der Waals surface area contributed by atoms with E-state index in [9.17, 15) is 4.39 Å². The Morgan fingerprint density at radius 3 is 2.96 bits per heavy atom. The number of nitrogens with one attached hydrogen (secondary N) is 1. The quantitative estimate of drug-likeness (QED) is 0.774. The number of benzene rings is 2. The number of hydrogen-bond acceptors (Lipinski definition) is 4. The summed E-state index contributed by atoms with van der Waals surface area (Å²) in [6.07, 6.45) is 3.27. The Kier molecular flexibility index (Phi) is 3.54. The van der Waals surface area contributed by atoms with Crippen molar-refractivity contribution in [1.82, 2.24) is 9.97 Å². The zero-order valence-corrected chi connectivity index (χ0v) is 12.5. The zero-order chi connectivity index (χ0) is 15.6. The van der Waals surface area contributed by atoms with Crippen LogP contribution in [0.15, 0.2) is 48.8 Å². The fourth-order valence-corrected chi connectivity index (χ4v) is 3.01. The highest BCUT2D eigenvalue weighted by Gasteiger charge is 2.20. The minimum absolute atomic E-state index is 0.0788. The molecule has 2 heterocycles. The third-order valence-corrected chi connectivity index (χ3v) is 4.12. The molecule has 3 aromatic rings. The Hall–Kier alpha value is -2.69. The standard InChI is InChI=1S/C18H16FN3O/c19-14-7-3-6-13-17(14)20-11-21-18(13)22-15-8-4-10-23-16-9-2-1-5-12(15)16/h1-3,5-7,9,11,15H,4,8,10H2,(H,20,21,22). The van der Waals surface area contributed by atoms with E-state index in [0.29, 0.717) is 23.3 Å². The maximum Gasteiger partial charge on any atom is 0.149 e. The predicted octanol–water partition coefficient (Wildman–Crippen LogP) is 4.09. The van der Waals surface area contributed by atoms with Crippen LogP contribution in [0.3, 0.4) is 0 Å². The lowest BCUT2D eigenvalue weighted by Crippen LogP contribution is -2.12. The lowest BCUT2D eigenvalue weighted by molar-refractivity contribution is 0.316. The van der Waals surface area contributed by atoms with Gasteiger partial charge in [-0.05, 0) is 31.0 Å². The van der Waals surface area contributed by atoms with Crippen LogP contribution in [0.1, 0.15) is 24.4 Å². The Labute approximate surface area is 133 Å². The average Bonchev–Trinajstić information content (AvgIpc) is 2.79. The molecule has 116 valence electrons. The van der Waals surface area contributed by atoms with E-state index in [1.807, 2.05) is 24.3 Å². The van der Waals surface area contributed by atoms with Crippen molar-refractivity contribution in [2.45, 2.75) is 18.9 Å². The lowest BCUT2D eigenvalue weighted by Gasteiger charge is -2.19. The molecule has 0 amide bonds. The van der Waals surface area contributed by atoms with Crippen LogP contribution in [-0.4, -0.2) is 16.6 Å². The fourth-order valence-electron chi connectivity index (χ4n) is 3.01. The van der Waals surface area contributed by atoms with Crippen molar-refractivity contribution < 1.29 is 9.13 Å². The minimum atomic E-state index is -0.336. The molecule has 5 heteroatoms. The van der Waals surface area contributed by atoms with Gasteiger partial charge >= 0.3 is 0 Å². The number of nitrogens with zero attached hydrogens (tertiary/aromatic N) is 2. The number of rotatable bonds is 2. The van der Waals surface area contributed by atoms with Gasteiger partial charge in [-0.2, -0.15) is 0 Å². The van der Waals surface area contributed by atoms with Gasteiger partial charge in [-0.15, -0.1) is 0 Å². The van der Waals surface area contributed by atoms with Crippen molar-refractivity contribution in [2.75, 3.05) is 11.9 Å². The molecule has 4 nitrogen and oxygen atoms in total. The van der Waals surface area contributed by atoms with Gasteiger partial charge in [0.25, 0.3) is 0 Å². The number of ether oxygens (including phenoxy) is 1. The number of para-hydroxylation sites is 2. The van der Waals surface area contributed by atoms with E-state index in [1.54, 1.807) is 6.07 Å². The number of fused-ring (bicyclic) bond motifs is 2. The average molecular weight is 309 g/mol. The summed E-state index contributed by atoms with van der Waals surface area (Å²) in [6.45, 7) is 0.703. The van der Waals surface area contributed by atoms with Crippen LogP contribution in [-0.2, 0) is 0 Å². The van der Waals surface area contributed by atoms with E-state index in [-0.39, 0.29) is 11.9 Å². The number of hydrogen-bond donors (Lipinski definition) is 1. The van der Waals surface area contributed by atoms with E-state index in [4.69, 9.17) is 4.74 Å². The van der Waals surface area contributed by atoms with Crippen LogP contribution in [0.4, 0.5) is 10.2 Å². The molecule has 0 aliphatic carbocycles. The molecule has 2 aromatic carbocycles. The Morgan fingerprint density at radius 2 is 2.00 bits per heavy atom. The summed E-state index contributed by atoms with van der Waals surface area (Å²) in [5, 5.41) is 4.14. The summed E-state index contributed by atoms with van der Waals surface area (Å²) in [5.74, 6) is 1.21. The van der Waals surface area contributed by atoms with E-state index in [0.717, 1.165) is 24.2 Å². The second-order valence-corrected chi connectivity index (χ2v) is 5.58. The van der Waals surface area contributed by atoms with Crippen LogP contribution < -0.4 is 10.1 Å². The molecule has 1 aliphatic rings. The van der Waals surface area contributed by atoms with Gasteiger partial charge in [-0.3, -0.25) is 0 Å². The molecule has 0 spiro atoms. The third kappa shape index (κ3) is 2.59. The molecule has 1 aliphatic heterocycles. The molecule has 1 N–H and O–H groups in total. The second-order valence-electron chi connectivity index (χ2n) is 5.58. The molecule has 1 unspecified atom stereocenters. The van der Waals surface area contributed by atoms with Gasteiger partial charge in [-0.1, -0.05) is 24.3 Å². The summed E-state index contributed by atoms with van der Waals surface area (Å²) >= 11 is 0. The molecule has 1 atom stereocenters. The monoisotopic (exact) mass is 309 g/mol. The molecule has 0 saturated carbocycles. The minimum Gasteiger partial charge on any atom is -0.493 e. The number of aromatic nitrogens is 2. The summed E-state index contributed by atoms with van der Waals surface area (Å²) in [4.78, 5) is 8.36. The van der Waals surface area contributed by atoms with Crippen molar-refractivity contribution in [1.29, 1.82) is 0 Å². The van der Waals surface area contributed by atoms with Gasteiger partial charge in [0.15, 0.2) is 0 Å². The Morgan fingerprint density at radius 1 is 1.09 bits per heavy atom. The normalized spacial score (nSPS) is 17.2. The largest absolute Gasteiger partial charge is 0.493 e. The lowest BCUT2D eigenvalue weighted by atomic mass is 10.0. The first kappa shape index (κ1) is 13.9. The first-order valence-corrected chi connectivity index (χ1v) is 7.70. The van der Waals surface area contributed by atoms with Crippen LogP contribution in [0, 0.1) is 5.82 Å². The Bertz CT molecular complexity index is 853. The highest BCUT2D eigenvalue weighted by atomic mass is 19.1. The summed E-state index contributed by atoms with van der Waals surface area (Å²) in [7, 11) is 0.